The fourth-order valence-corrected chi connectivity index (χ4v) is 4.23. The number of fused-ring (bicyclic) bond motifs is 1. The topological polar surface area (TPSA) is 106 Å². The lowest BCUT2D eigenvalue weighted by atomic mass is 10.0. The summed E-state index contributed by atoms with van der Waals surface area (Å²) in [6.45, 7) is 1.86. The molecule has 0 radical (unpaired) electrons. The second-order valence-electron chi connectivity index (χ2n) is 6.76. The molecular formula is C20H23N3O5S. The van der Waals surface area contributed by atoms with Gasteiger partial charge in [-0.05, 0) is 30.2 Å². The number of nitrogens with one attached hydrogen (secondary N) is 2. The first-order valence-corrected chi connectivity index (χ1v) is 10.5. The van der Waals surface area contributed by atoms with Crippen molar-refractivity contribution in [2.75, 3.05) is 24.9 Å². The molecule has 2 N–H and O–H groups in total. The third kappa shape index (κ3) is 4.86. The number of ether oxygens (including phenoxy) is 2. The van der Waals surface area contributed by atoms with Crippen LogP contribution in [0.2, 0.25) is 0 Å². The van der Waals surface area contributed by atoms with Crippen LogP contribution >= 0.6 is 0 Å². The number of sulfonamides is 1. The van der Waals surface area contributed by atoms with E-state index < -0.39 is 10.0 Å². The number of benzene rings is 2. The van der Waals surface area contributed by atoms with Gasteiger partial charge >= 0.3 is 0 Å². The minimum absolute atomic E-state index is 0.133. The smallest absolute Gasteiger partial charge is 0.286 e. The summed E-state index contributed by atoms with van der Waals surface area (Å²) in [6.07, 6.45) is 0.512. The Labute approximate surface area is 170 Å². The van der Waals surface area contributed by atoms with Crippen LogP contribution in [0, 0.1) is 5.92 Å². The molecule has 29 heavy (non-hydrogen) atoms. The van der Waals surface area contributed by atoms with Gasteiger partial charge < -0.3 is 20.1 Å². The van der Waals surface area contributed by atoms with Gasteiger partial charge in [-0.3, -0.25) is 4.79 Å². The molecule has 1 atom stereocenters. The van der Waals surface area contributed by atoms with E-state index in [4.69, 9.17) is 9.47 Å². The van der Waals surface area contributed by atoms with Crippen LogP contribution in [-0.2, 0) is 14.8 Å². The maximum absolute atomic E-state index is 12.4. The van der Waals surface area contributed by atoms with Gasteiger partial charge in [0.15, 0.2) is 0 Å². The maximum atomic E-state index is 12.4. The fraction of sp³-hybridized carbons (Fsp3) is 0.300. The molecule has 0 aromatic heterocycles. The van der Waals surface area contributed by atoms with Crippen LogP contribution in [0.1, 0.15) is 19.8 Å². The van der Waals surface area contributed by atoms with Gasteiger partial charge in [-0.2, -0.15) is 8.42 Å². The average molecular weight is 417 g/mol. The van der Waals surface area contributed by atoms with Gasteiger partial charge in [-0.1, -0.05) is 19.1 Å². The van der Waals surface area contributed by atoms with Gasteiger partial charge in [0.05, 0.1) is 25.6 Å². The highest BCUT2D eigenvalue weighted by Gasteiger charge is 2.25. The van der Waals surface area contributed by atoms with Crippen LogP contribution in [0.4, 0.5) is 11.4 Å². The molecule has 0 saturated carbocycles. The summed E-state index contributed by atoms with van der Waals surface area (Å²) in [7, 11) is -0.670. The number of amidine groups is 1. The Morgan fingerprint density at radius 1 is 1.17 bits per heavy atom. The van der Waals surface area contributed by atoms with E-state index in [9.17, 15) is 13.2 Å². The summed E-state index contributed by atoms with van der Waals surface area (Å²) < 4.78 is 38.9. The first-order chi connectivity index (χ1) is 13.8. The van der Waals surface area contributed by atoms with Crippen LogP contribution < -0.4 is 20.1 Å². The zero-order valence-corrected chi connectivity index (χ0v) is 17.2. The summed E-state index contributed by atoms with van der Waals surface area (Å²) in [5, 5.41) is 5.86. The first-order valence-electron chi connectivity index (χ1n) is 9.04. The summed E-state index contributed by atoms with van der Waals surface area (Å²) in [5.74, 6) is 1.10. The molecule has 1 amide bonds. The van der Waals surface area contributed by atoms with Crippen LogP contribution in [0.25, 0.3) is 0 Å². The van der Waals surface area contributed by atoms with Gasteiger partial charge in [-0.15, -0.1) is 4.40 Å². The first kappa shape index (κ1) is 20.7. The van der Waals surface area contributed by atoms with Crippen molar-refractivity contribution in [1.82, 2.24) is 0 Å². The fourth-order valence-electron chi connectivity index (χ4n) is 3.08. The highest BCUT2D eigenvalue weighted by atomic mass is 32.2. The van der Waals surface area contributed by atoms with Gasteiger partial charge in [-0.25, -0.2) is 0 Å². The Hall–Kier alpha value is -3.07. The summed E-state index contributed by atoms with van der Waals surface area (Å²) >= 11 is 0. The lowest BCUT2D eigenvalue weighted by Crippen LogP contribution is -2.25. The Kier molecular flexibility index (Phi) is 6.07. The molecule has 0 bridgehead atoms. The number of hydrogen-bond donors (Lipinski definition) is 2. The normalized spacial score (nSPS) is 15.3. The number of anilines is 2. The van der Waals surface area contributed by atoms with E-state index in [1.54, 1.807) is 43.5 Å². The van der Waals surface area contributed by atoms with E-state index in [2.05, 4.69) is 15.0 Å². The molecule has 1 aliphatic rings. The van der Waals surface area contributed by atoms with Crippen molar-refractivity contribution in [3.05, 3.63) is 42.5 Å². The lowest BCUT2D eigenvalue weighted by Gasteiger charge is -2.20. The average Bonchev–Trinajstić information content (AvgIpc) is 2.67. The maximum Gasteiger partial charge on any atom is 0.286 e. The Bertz CT molecular complexity index is 1050. The molecular weight excluding hydrogens is 394 g/mol. The van der Waals surface area contributed by atoms with E-state index in [-0.39, 0.29) is 23.1 Å². The van der Waals surface area contributed by atoms with Crippen molar-refractivity contribution in [3.63, 3.8) is 0 Å². The van der Waals surface area contributed by atoms with E-state index in [0.29, 0.717) is 35.1 Å². The van der Waals surface area contributed by atoms with E-state index >= 15 is 0 Å². The largest absolute Gasteiger partial charge is 0.497 e. The number of rotatable bonds is 7. The van der Waals surface area contributed by atoms with Crippen molar-refractivity contribution in [2.24, 2.45) is 10.3 Å². The van der Waals surface area contributed by atoms with Crippen molar-refractivity contribution in [2.45, 2.75) is 24.7 Å². The third-order valence-electron chi connectivity index (χ3n) is 4.43. The van der Waals surface area contributed by atoms with Crippen molar-refractivity contribution in [1.29, 1.82) is 0 Å². The summed E-state index contributed by atoms with van der Waals surface area (Å²) in [6, 6.07) is 11.7. The van der Waals surface area contributed by atoms with Gasteiger partial charge in [0.2, 0.25) is 5.91 Å². The second-order valence-corrected chi connectivity index (χ2v) is 8.33. The van der Waals surface area contributed by atoms with Crippen molar-refractivity contribution >= 4 is 33.1 Å². The van der Waals surface area contributed by atoms with Crippen LogP contribution in [0.15, 0.2) is 51.8 Å². The molecule has 3 rings (SSSR count). The lowest BCUT2D eigenvalue weighted by molar-refractivity contribution is -0.116. The molecule has 0 unspecified atom stereocenters. The van der Waals surface area contributed by atoms with Gasteiger partial charge in [0.25, 0.3) is 10.0 Å². The summed E-state index contributed by atoms with van der Waals surface area (Å²) in [5.41, 5.74) is 1.03. The molecule has 0 spiro atoms. The number of nitrogens with zero attached hydrogens (tertiary/aromatic N) is 1. The SMILES string of the molecule is COc1ccc(NC(=O)C[C@H](C)CC2=NS(=O)(=O)c3ccccc3N2)c(OC)c1. The predicted molar refractivity (Wildman–Crippen MR) is 111 cm³/mol. The number of para-hydroxylation sites is 1. The molecule has 9 heteroatoms. The van der Waals surface area contributed by atoms with E-state index in [0.717, 1.165) is 0 Å². The molecule has 1 aliphatic heterocycles. The Morgan fingerprint density at radius 3 is 2.66 bits per heavy atom. The number of methoxy groups -OCH3 is 2. The molecule has 1 heterocycles. The number of carbonyl (C=O) groups excluding carboxylic acids is 1. The van der Waals surface area contributed by atoms with Crippen molar-refractivity contribution < 1.29 is 22.7 Å². The minimum atomic E-state index is -3.73. The van der Waals surface area contributed by atoms with E-state index in [1.807, 2.05) is 6.92 Å². The van der Waals surface area contributed by atoms with Crippen LogP contribution in [0.5, 0.6) is 11.5 Å². The highest BCUT2D eigenvalue weighted by molar-refractivity contribution is 7.90. The zero-order chi connectivity index (χ0) is 21.0. The molecule has 0 aliphatic carbocycles. The molecule has 0 saturated heterocycles. The number of hydrogen-bond acceptors (Lipinski definition) is 6. The van der Waals surface area contributed by atoms with Gasteiger partial charge in [0.1, 0.15) is 22.2 Å². The summed E-state index contributed by atoms with van der Waals surface area (Å²) in [4.78, 5) is 12.6. The number of amides is 1. The molecule has 0 fully saturated rings. The predicted octanol–water partition coefficient (Wildman–Crippen LogP) is 3.27. The molecule has 2 aromatic rings. The van der Waals surface area contributed by atoms with Crippen LogP contribution in [0.3, 0.4) is 0 Å². The third-order valence-corrected chi connectivity index (χ3v) is 5.81. The minimum Gasteiger partial charge on any atom is -0.497 e. The monoisotopic (exact) mass is 417 g/mol. The Balaban J connectivity index is 1.64. The van der Waals surface area contributed by atoms with E-state index in [1.165, 1.54) is 13.2 Å². The zero-order valence-electron chi connectivity index (χ0n) is 16.4. The molecule has 8 nitrogen and oxygen atoms in total. The molecule has 154 valence electrons. The second kappa shape index (κ2) is 8.52. The number of carbonyl (C=O) groups is 1. The highest BCUT2D eigenvalue weighted by Crippen LogP contribution is 2.30. The quantitative estimate of drug-likeness (QED) is 0.716. The molecule has 2 aromatic carbocycles. The van der Waals surface area contributed by atoms with Gasteiger partial charge in [0, 0.05) is 18.9 Å². The standard InChI is InChI=1S/C20H23N3O5S/c1-13(10-19-21-16-6-4-5-7-18(16)29(25,26)23-19)11-20(24)22-15-9-8-14(27-2)12-17(15)28-3/h4-9,12-13H,10-11H2,1-3H3,(H,21,23)(H,22,24)/t13-/m1/s1. The van der Waals surface area contributed by atoms with Crippen molar-refractivity contribution in [3.8, 4) is 11.5 Å². The Morgan fingerprint density at radius 2 is 1.93 bits per heavy atom. The van der Waals surface area contributed by atoms with Crippen LogP contribution in [-0.4, -0.2) is 34.4 Å².